The number of carbonyl (C=O) groups excluding carboxylic acids is 2. The highest BCUT2D eigenvalue weighted by Crippen LogP contribution is 2.27. The molecule has 0 aliphatic carbocycles. The highest BCUT2D eigenvalue weighted by molar-refractivity contribution is 7.99. The lowest BCUT2D eigenvalue weighted by molar-refractivity contribution is -0.132. The number of methoxy groups -OCH3 is 1. The topological polar surface area (TPSA) is 103 Å². The Morgan fingerprint density at radius 2 is 2.04 bits per heavy atom. The number of para-hydroxylation sites is 2. The molecule has 1 aromatic carbocycles. The van der Waals surface area contributed by atoms with Crippen LogP contribution in [0.2, 0.25) is 0 Å². The summed E-state index contributed by atoms with van der Waals surface area (Å²) in [6.45, 7) is 1.12. The Kier molecular flexibility index (Phi) is 5.77. The van der Waals surface area contributed by atoms with Gasteiger partial charge in [0.25, 0.3) is 0 Å². The van der Waals surface area contributed by atoms with Gasteiger partial charge >= 0.3 is 0 Å². The van der Waals surface area contributed by atoms with Crippen molar-refractivity contribution in [3.05, 3.63) is 30.6 Å². The van der Waals surface area contributed by atoms with Gasteiger partial charge in [0.2, 0.25) is 11.8 Å². The van der Waals surface area contributed by atoms with Gasteiger partial charge in [-0.25, -0.2) is 0 Å². The molecule has 0 unspecified atom stereocenters. The van der Waals surface area contributed by atoms with Gasteiger partial charge in [-0.15, -0.1) is 10.2 Å². The van der Waals surface area contributed by atoms with E-state index in [1.54, 1.807) is 22.9 Å². The molecule has 2 N–H and O–H groups in total. The summed E-state index contributed by atoms with van der Waals surface area (Å²) < 4.78 is 7.18. The fraction of sp³-hybridized carbons (Fsp3) is 0.412. The molecule has 26 heavy (non-hydrogen) atoms. The van der Waals surface area contributed by atoms with E-state index in [0.717, 1.165) is 5.69 Å². The van der Waals surface area contributed by atoms with Crippen molar-refractivity contribution in [2.24, 2.45) is 11.7 Å². The van der Waals surface area contributed by atoms with Crippen molar-refractivity contribution in [2.45, 2.75) is 18.0 Å². The average Bonchev–Trinajstić information content (AvgIpc) is 3.14. The number of thioether (sulfide) groups is 1. The number of nitrogens with two attached hydrogens (primary N) is 1. The second-order valence-corrected chi connectivity index (χ2v) is 6.94. The van der Waals surface area contributed by atoms with E-state index in [4.69, 9.17) is 10.5 Å². The Hall–Kier alpha value is -2.55. The molecule has 0 atom stereocenters. The van der Waals surface area contributed by atoms with E-state index >= 15 is 0 Å². The molecule has 2 aromatic rings. The summed E-state index contributed by atoms with van der Waals surface area (Å²) in [6, 6.07) is 7.56. The van der Waals surface area contributed by atoms with E-state index in [-0.39, 0.29) is 23.5 Å². The Balaban J connectivity index is 1.62. The second-order valence-electron chi connectivity index (χ2n) is 6.00. The molecule has 2 heterocycles. The van der Waals surface area contributed by atoms with Crippen LogP contribution in [0.5, 0.6) is 5.75 Å². The largest absolute Gasteiger partial charge is 0.495 e. The Bertz CT molecular complexity index is 786. The third kappa shape index (κ3) is 3.98. The lowest BCUT2D eigenvalue weighted by atomic mass is 9.96. The molecule has 1 aromatic heterocycles. The zero-order valence-corrected chi connectivity index (χ0v) is 15.3. The number of piperidine rings is 1. The summed E-state index contributed by atoms with van der Waals surface area (Å²) in [6.07, 6.45) is 2.86. The van der Waals surface area contributed by atoms with Crippen LogP contribution in [0.25, 0.3) is 5.69 Å². The molecule has 0 saturated carbocycles. The van der Waals surface area contributed by atoms with Gasteiger partial charge in [-0.05, 0) is 25.0 Å². The summed E-state index contributed by atoms with van der Waals surface area (Å²) in [5.74, 6) is 0.577. The Morgan fingerprint density at radius 3 is 2.73 bits per heavy atom. The van der Waals surface area contributed by atoms with Crippen LogP contribution < -0.4 is 10.5 Å². The minimum Gasteiger partial charge on any atom is -0.495 e. The average molecular weight is 375 g/mol. The van der Waals surface area contributed by atoms with Crippen molar-refractivity contribution in [3.63, 3.8) is 0 Å². The maximum atomic E-state index is 12.4. The molecule has 138 valence electrons. The SMILES string of the molecule is COc1ccccc1-n1cnnc1SCC(=O)N1CCC(C(N)=O)CC1. The monoisotopic (exact) mass is 375 g/mol. The first kappa shape index (κ1) is 18.2. The number of hydrogen-bond donors (Lipinski definition) is 1. The summed E-state index contributed by atoms with van der Waals surface area (Å²) >= 11 is 1.33. The molecule has 0 radical (unpaired) electrons. The molecule has 0 bridgehead atoms. The number of aromatic nitrogens is 3. The van der Waals surface area contributed by atoms with E-state index < -0.39 is 0 Å². The first-order chi connectivity index (χ1) is 12.6. The number of likely N-dealkylation sites (tertiary alicyclic amines) is 1. The van der Waals surface area contributed by atoms with Crippen LogP contribution in [0.4, 0.5) is 0 Å². The number of primary amides is 1. The standard InChI is InChI=1S/C17H21N5O3S/c1-25-14-5-3-2-4-13(14)22-11-19-20-17(22)26-10-15(23)21-8-6-12(7-9-21)16(18)24/h2-5,11-12H,6-10H2,1H3,(H2,18,24). The summed E-state index contributed by atoms with van der Waals surface area (Å²) in [5, 5.41) is 8.68. The molecule has 1 aliphatic heterocycles. The highest BCUT2D eigenvalue weighted by Gasteiger charge is 2.26. The number of benzene rings is 1. The van der Waals surface area contributed by atoms with Crippen molar-refractivity contribution >= 4 is 23.6 Å². The first-order valence-electron chi connectivity index (χ1n) is 8.33. The molecule has 8 nitrogen and oxygen atoms in total. The predicted octanol–water partition coefficient (Wildman–Crippen LogP) is 1.09. The molecule has 1 fully saturated rings. The second kappa shape index (κ2) is 8.22. The van der Waals surface area contributed by atoms with Gasteiger partial charge < -0.3 is 15.4 Å². The van der Waals surface area contributed by atoms with Gasteiger partial charge in [0, 0.05) is 19.0 Å². The van der Waals surface area contributed by atoms with Crippen LogP contribution in [0, 0.1) is 5.92 Å². The summed E-state index contributed by atoms with van der Waals surface area (Å²) in [5.41, 5.74) is 6.15. The maximum Gasteiger partial charge on any atom is 0.233 e. The molecule has 0 spiro atoms. The fourth-order valence-electron chi connectivity index (χ4n) is 2.95. The third-order valence-corrected chi connectivity index (χ3v) is 5.36. The Labute approximate surface area is 155 Å². The minimum atomic E-state index is -0.281. The van der Waals surface area contributed by atoms with Crippen molar-refractivity contribution < 1.29 is 14.3 Å². The molecule has 1 saturated heterocycles. The maximum absolute atomic E-state index is 12.4. The summed E-state index contributed by atoms with van der Waals surface area (Å²) in [4.78, 5) is 25.4. The highest BCUT2D eigenvalue weighted by atomic mass is 32.2. The van der Waals surface area contributed by atoms with Crippen molar-refractivity contribution in [1.29, 1.82) is 0 Å². The van der Waals surface area contributed by atoms with E-state index in [1.165, 1.54) is 11.8 Å². The molecule has 3 rings (SSSR count). The van der Waals surface area contributed by atoms with Crippen LogP contribution >= 0.6 is 11.8 Å². The number of ether oxygens (including phenoxy) is 1. The molecule has 9 heteroatoms. The lowest BCUT2D eigenvalue weighted by Crippen LogP contribution is -2.42. The van der Waals surface area contributed by atoms with Crippen molar-refractivity contribution in [1.82, 2.24) is 19.7 Å². The third-order valence-electron chi connectivity index (χ3n) is 4.44. The normalized spacial score (nSPS) is 15.0. The van der Waals surface area contributed by atoms with Crippen molar-refractivity contribution in [3.8, 4) is 11.4 Å². The Morgan fingerprint density at radius 1 is 1.31 bits per heavy atom. The van der Waals surface area contributed by atoms with Crippen LogP contribution in [-0.4, -0.2) is 57.4 Å². The van der Waals surface area contributed by atoms with Gasteiger partial charge in [-0.2, -0.15) is 0 Å². The van der Waals surface area contributed by atoms with Crippen molar-refractivity contribution in [2.75, 3.05) is 26.0 Å². The zero-order valence-electron chi connectivity index (χ0n) is 14.5. The van der Waals surface area contributed by atoms with Gasteiger partial charge in [0.1, 0.15) is 12.1 Å². The fourth-order valence-corrected chi connectivity index (χ4v) is 3.77. The first-order valence-corrected chi connectivity index (χ1v) is 9.32. The van der Waals surface area contributed by atoms with E-state index in [1.807, 2.05) is 24.3 Å². The predicted molar refractivity (Wildman–Crippen MR) is 97.1 cm³/mol. The van der Waals surface area contributed by atoms with Crippen LogP contribution in [-0.2, 0) is 9.59 Å². The number of hydrogen-bond acceptors (Lipinski definition) is 6. The number of carbonyl (C=O) groups is 2. The van der Waals surface area contributed by atoms with Gasteiger partial charge in [-0.3, -0.25) is 14.2 Å². The molecule has 1 aliphatic rings. The van der Waals surface area contributed by atoms with Gasteiger partial charge in [0.05, 0.1) is 18.6 Å². The quantitative estimate of drug-likeness (QED) is 0.758. The molecule has 2 amide bonds. The van der Waals surface area contributed by atoms with E-state index in [0.29, 0.717) is 36.8 Å². The van der Waals surface area contributed by atoms with Crippen LogP contribution in [0.15, 0.2) is 35.7 Å². The summed E-state index contributed by atoms with van der Waals surface area (Å²) in [7, 11) is 1.61. The van der Waals surface area contributed by atoms with Crippen LogP contribution in [0.3, 0.4) is 0 Å². The number of amides is 2. The molecular formula is C17H21N5O3S. The number of nitrogens with zero attached hydrogens (tertiary/aromatic N) is 4. The minimum absolute atomic E-state index is 0.0208. The molecular weight excluding hydrogens is 354 g/mol. The van der Waals surface area contributed by atoms with Crippen LogP contribution in [0.1, 0.15) is 12.8 Å². The zero-order chi connectivity index (χ0) is 18.5. The van der Waals surface area contributed by atoms with Gasteiger partial charge in [0.15, 0.2) is 5.16 Å². The van der Waals surface area contributed by atoms with E-state index in [2.05, 4.69) is 10.2 Å². The van der Waals surface area contributed by atoms with E-state index in [9.17, 15) is 9.59 Å². The number of rotatable bonds is 6. The van der Waals surface area contributed by atoms with Gasteiger partial charge in [-0.1, -0.05) is 23.9 Å². The lowest BCUT2D eigenvalue weighted by Gasteiger charge is -2.30. The smallest absolute Gasteiger partial charge is 0.233 e.